The third-order valence-electron chi connectivity index (χ3n) is 2.76. The summed E-state index contributed by atoms with van der Waals surface area (Å²) in [6, 6.07) is 6.03. The molecule has 0 fully saturated rings. The summed E-state index contributed by atoms with van der Waals surface area (Å²) < 4.78 is 1.11. The molecule has 1 atom stereocenters. The Morgan fingerprint density at radius 3 is 3.07 bits per heavy atom. The quantitative estimate of drug-likeness (QED) is 0.882. The summed E-state index contributed by atoms with van der Waals surface area (Å²) in [6.45, 7) is 0. The van der Waals surface area contributed by atoms with E-state index in [1.165, 1.54) is 11.1 Å². The van der Waals surface area contributed by atoms with Crippen molar-refractivity contribution >= 4 is 21.9 Å². The Morgan fingerprint density at radius 2 is 2.36 bits per heavy atom. The minimum absolute atomic E-state index is 0.208. The molecular formula is C11H11BrO2. The Labute approximate surface area is 91.1 Å². The third kappa shape index (κ3) is 1.69. The SMILES string of the molecule is O=C(O)CC1CCc2c(Br)cccc21. The predicted molar refractivity (Wildman–Crippen MR) is 57.5 cm³/mol. The van der Waals surface area contributed by atoms with Gasteiger partial charge in [0.15, 0.2) is 0 Å². The molecule has 1 N–H and O–H groups in total. The lowest BCUT2D eigenvalue weighted by Gasteiger charge is -2.08. The zero-order chi connectivity index (χ0) is 10.1. The van der Waals surface area contributed by atoms with Crippen molar-refractivity contribution < 1.29 is 9.90 Å². The number of hydrogen-bond donors (Lipinski definition) is 1. The number of hydrogen-bond acceptors (Lipinski definition) is 1. The first kappa shape index (κ1) is 9.71. The molecule has 14 heavy (non-hydrogen) atoms. The molecule has 1 aliphatic carbocycles. The normalized spacial score (nSPS) is 19.4. The van der Waals surface area contributed by atoms with Crippen molar-refractivity contribution in [3.63, 3.8) is 0 Å². The minimum atomic E-state index is -0.706. The van der Waals surface area contributed by atoms with E-state index in [9.17, 15) is 4.79 Å². The number of fused-ring (bicyclic) bond motifs is 1. The molecule has 1 aromatic rings. The van der Waals surface area contributed by atoms with Gasteiger partial charge in [0.25, 0.3) is 0 Å². The van der Waals surface area contributed by atoms with E-state index in [2.05, 4.69) is 15.9 Å². The van der Waals surface area contributed by atoms with Crippen LogP contribution in [0.1, 0.15) is 29.9 Å². The summed E-state index contributed by atoms with van der Waals surface area (Å²) in [5.74, 6) is -0.497. The highest BCUT2D eigenvalue weighted by Crippen LogP contribution is 2.38. The molecule has 2 nitrogen and oxygen atoms in total. The van der Waals surface area contributed by atoms with Gasteiger partial charge in [-0.15, -0.1) is 0 Å². The molecule has 1 unspecified atom stereocenters. The number of benzene rings is 1. The highest BCUT2D eigenvalue weighted by atomic mass is 79.9. The van der Waals surface area contributed by atoms with Gasteiger partial charge < -0.3 is 5.11 Å². The molecule has 0 radical (unpaired) electrons. The van der Waals surface area contributed by atoms with Crippen LogP contribution >= 0.6 is 15.9 Å². The summed E-state index contributed by atoms with van der Waals surface area (Å²) in [5.41, 5.74) is 2.50. The highest BCUT2D eigenvalue weighted by molar-refractivity contribution is 9.10. The van der Waals surface area contributed by atoms with Crippen LogP contribution < -0.4 is 0 Å². The van der Waals surface area contributed by atoms with Crippen molar-refractivity contribution in [2.75, 3.05) is 0 Å². The van der Waals surface area contributed by atoms with Crippen LogP contribution in [0.3, 0.4) is 0 Å². The lowest BCUT2D eigenvalue weighted by molar-refractivity contribution is -0.137. The summed E-state index contributed by atoms with van der Waals surface area (Å²) in [5, 5.41) is 8.76. The molecule has 0 aliphatic heterocycles. The second-order valence-electron chi connectivity index (χ2n) is 3.64. The van der Waals surface area contributed by atoms with Crippen molar-refractivity contribution in [2.45, 2.75) is 25.2 Å². The van der Waals surface area contributed by atoms with E-state index in [0.29, 0.717) is 0 Å². The largest absolute Gasteiger partial charge is 0.481 e. The Bertz CT molecular complexity index is 374. The maximum Gasteiger partial charge on any atom is 0.303 e. The number of aliphatic carboxylic acids is 1. The van der Waals surface area contributed by atoms with E-state index >= 15 is 0 Å². The van der Waals surface area contributed by atoms with Crippen molar-refractivity contribution in [3.05, 3.63) is 33.8 Å². The molecule has 2 rings (SSSR count). The monoisotopic (exact) mass is 254 g/mol. The summed E-state index contributed by atoms with van der Waals surface area (Å²) in [7, 11) is 0. The maximum atomic E-state index is 10.6. The van der Waals surface area contributed by atoms with Crippen molar-refractivity contribution in [2.24, 2.45) is 0 Å². The number of carboxylic acids is 1. The van der Waals surface area contributed by atoms with Gasteiger partial charge in [0.05, 0.1) is 6.42 Å². The van der Waals surface area contributed by atoms with Crippen LogP contribution in [0, 0.1) is 0 Å². The molecule has 3 heteroatoms. The van der Waals surface area contributed by atoms with Gasteiger partial charge in [-0.2, -0.15) is 0 Å². The third-order valence-corrected chi connectivity index (χ3v) is 3.50. The lowest BCUT2D eigenvalue weighted by Crippen LogP contribution is -2.02. The average molecular weight is 255 g/mol. The number of rotatable bonds is 2. The summed E-state index contributed by atoms with van der Waals surface area (Å²) in [4.78, 5) is 10.6. The molecule has 0 heterocycles. The molecule has 0 saturated carbocycles. The summed E-state index contributed by atoms with van der Waals surface area (Å²) in [6.07, 6.45) is 2.21. The zero-order valence-corrected chi connectivity index (χ0v) is 9.25. The van der Waals surface area contributed by atoms with Crippen LogP contribution in [0.5, 0.6) is 0 Å². The van der Waals surface area contributed by atoms with E-state index in [-0.39, 0.29) is 12.3 Å². The number of halogens is 1. The molecule has 0 saturated heterocycles. The van der Waals surface area contributed by atoms with E-state index in [1.807, 2.05) is 18.2 Å². The highest BCUT2D eigenvalue weighted by Gasteiger charge is 2.25. The average Bonchev–Trinajstić information content (AvgIpc) is 2.49. The van der Waals surface area contributed by atoms with Gasteiger partial charge in [-0.25, -0.2) is 0 Å². The smallest absolute Gasteiger partial charge is 0.303 e. The van der Waals surface area contributed by atoms with E-state index in [4.69, 9.17) is 5.11 Å². The fourth-order valence-corrected chi connectivity index (χ4v) is 2.70. The van der Waals surface area contributed by atoms with Crippen LogP contribution in [-0.2, 0) is 11.2 Å². The minimum Gasteiger partial charge on any atom is -0.481 e. The Morgan fingerprint density at radius 1 is 1.57 bits per heavy atom. The number of carbonyl (C=O) groups is 1. The Kier molecular flexibility index (Phi) is 2.59. The van der Waals surface area contributed by atoms with Crippen LogP contribution in [0.15, 0.2) is 22.7 Å². The van der Waals surface area contributed by atoms with Crippen molar-refractivity contribution in [3.8, 4) is 0 Å². The van der Waals surface area contributed by atoms with E-state index in [0.717, 1.165) is 17.3 Å². The summed E-state index contributed by atoms with van der Waals surface area (Å²) >= 11 is 3.49. The van der Waals surface area contributed by atoms with E-state index in [1.54, 1.807) is 0 Å². The first-order valence-corrected chi connectivity index (χ1v) is 5.47. The first-order valence-electron chi connectivity index (χ1n) is 4.67. The molecule has 1 aliphatic rings. The van der Waals surface area contributed by atoms with Crippen LogP contribution in [0.25, 0.3) is 0 Å². The molecule has 0 aromatic heterocycles. The topological polar surface area (TPSA) is 37.3 Å². The molecule has 1 aromatic carbocycles. The maximum absolute atomic E-state index is 10.6. The predicted octanol–water partition coefficient (Wildman–Crippen LogP) is 2.95. The Balaban J connectivity index is 2.30. The molecule has 0 amide bonds. The molecule has 74 valence electrons. The van der Waals surface area contributed by atoms with E-state index < -0.39 is 5.97 Å². The second-order valence-corrected chi connectivity index (χ2v) is 4.50. The second kappa shape index (κ2) is 3.73. The fourth-order valence-electron chi connectivity index (χ4n) is 2.12. The van der Waals surface area contributed by atoms with Gasteiger partial charge in [0, 0.05) is 4.47 Å². The van der Waals surface area contributed by atoms with Gasteiger partial charge in [-0.05, 0) is 36.0 Å². The fraction of sp³-hybridized carbons (Fsp3) is 0.364. The van der Waals surface area contributed by atoms with Gasteiger partial charge in [0.1, 0.15) is 0 Å². The van der Waals surface area contributed by atoms with Crippen LogP contribution in [0.2, 0.25) is 0 Å². The Hall–Kier alpha value is -0.830. The van der Waals surface area contributed by atoms with Gasteiger partial charge in [-0.3, -0.25) is 4.79 Å². The van der Waals surface area contributed by atoms with Crippen molar-refractivity contribution in [1.82, 2.24) is 0 Å². The zero-order valence-electron chi connectivity index (χ0n) is 7.66. The lowest BCUT2D eigenvalue weighted by atomic mass is 9.98. The molecule has 0 bridgehead atoms. The standard InChI is InChI=1S/C11H11BrO2/c12-10-3-1-2-8-7(6-11(13)14)4-5-9(8)10/h1-3,7H,4-6H2,(H,13,14). The van der Waals surface area contributed by atoms with Crippen molar-refractivity contribution in [1.29, 1.82) is 0 Å². The first-order chi connectivity index (χ1) is 6.68. The number of carboxylic acid groups (broad SMARTS) is 1. The van der Waals surface area contributed by atoms with Gasteiger partial charge in [-0.1, -0.05) is 28.1 Å². The van der Waals surface area contributed by atoms with Gasteiger partial charge in [0.2, 0.25) is 0 Å². The van der Waals surface area contributed by atoms with Crippen LogP contribution in [-0.4, -0.2) is 11.1 Å². The molecule has 0 spiro atoms. The molecular weight excluding hydrogens is 244 g/mol. The van der Waals surface area contributed by atoms with Crippen LogP contribution in [0.4, 0.5) is 0 Å². The van der Waals surface area contributed by atoms with Gasteiger partial charge >= 0.3 is 5.97 Å².